The predicted octanol–water partition coefficient (Wildman–Crippen LogP) is 4.29. The van der Waals surface area contributed by atoms with Crippen LogP contribution in [-0.2, 0) is 0 Å². The molecule has 5 rings (SSSR count). The highest BCUT2D eigenvalue weighted by molar-refractivity contribution is 6.23. The number of benzene rings is 1. The minimum absolute atomic E-state index is 0.151. The number of aromatic nitrogens is 1. The number of fused-ring (bicyclic) bond motifs is 2. The Morgan fingerprint density at radius 3 is 2.82 bits per heavy atom. The molecular formula is C24H20BN3. The van der Waals surface area contributed by atoms with Crippen molar-refractivity contribution in [2.24, 2.45) is 0 Å². The zero-order chi connectivity index (χ0) is 18.9. The van der Waals surface area contributed by atoms with Crippen LogP contribution in [0.1, 0.15) is 6.42 Å². The molecule has 0 saturated carbocycles. The lowest BCUT2D eigenvalue weighted by atomic mass is 9.88. The maximum atomic E-state index is 5.96. The Morgan fingerprint density at radius 2 is 1.93 bits per heavy atom. The van der Waals surface area contributed by atoms with E-state index in [1.54, 1.807) is 0 Å². The molecule has 0 bridgehead atoms. The monoisotopic (exact) mass is 361 g/mol. The van der Waals surface area contributed by atoms with Gasteiger partial charge >= 0.3 is 0 Å². The van der Waals surface area contributed by atoms with E-state index in [0.29, 0.717) is 0 Å². The zero-order valence-electron chi connectivity index (χ0n) is 15.5. The average molecular weight is 361 g/mol. The number of pyridine rings is 1. The van der Waals surface area contributed by atoms with Crippen LogP contribution in [0, 0.1) is 0 Å². The first-order valence-corrected chi connectivity index (χ1v) is 9.60. The molecule has 2 aliphatic carbocycles. The number of rotatable bonds is 3. The molecule has 0 amide bonds. The molecule has 3 aliphatic rings. The van der Waals surface area contributed by atoms with Crippen molar-refractivity contribution in [3.05, 3.63) is 108 Å². The van der Waals surface area contributed by atoms with E-state index in [4.69, 9.17) is 12.8 Å². The standard InChI is InChI=1S/C24H20BN3/c25-19-11-13-20(14-12-19)28(23-15-9-17-5-1-3-7-21(17)26-23)24-16-10-18-6-2-4-8-22(18)27-24/h1-13,15-16,20-21,26H,14H2. The summed E-state index contributed by atoms with van der Waals surface area (Å²) < 4.78 is 0. The molecule has 1 aliphatic heterocycles. The number of hydrogen-bond donors (Lipinski definition) is 1. The van der Waals surface area contributed by atoms with Gasteiger partial charge in [0.15, 0.2) is 0 Å². The van der Waals surface area contributed by atoms with Crippen LogP contribution in [0.3, 0.4) is 0 Å². The number of anilines is 1. The number of allylic oxidation sites excluding steroid dienone is 6. The molecular weight excluding hydrogens is 341 g/mol. The number of nitrogens with one attached hydrogen (secondary N) is 1. The van der Waals surface area contributed by atoms with Crippen LogP contribution < -0.4 is 10.2 Å². The molecule has 2 aromatic rings. The summed E-state index contributed by atoms with van der Waals surface area (Å²) in [5.41, 5.74) is 3.07. The van der Waals surface area contributed by atoms with Gasteiger partial charge in [0.05, 0.1) is 17.6 Å². The molecule has 28 heavy (non-hydrogen) atoms. The van der Waals surface area contributed by atoms with Crippen LogP contribution in [0.25, 0.3) is 10.9 Å². The summed E-state index contributed by atoms with van der Waals surface area (Å²) in [4.78, 5) is 7.22. The van der Waals surface area contributed by atoms with Gasteiger partial charge in [-0.25, -0.2) is 4.98 Å². The molecule has 1 aromatic carbocycles. The highest BCUT2D eigenvalue weighted by atomic mass is 15.3. The van der Waals surface area contributed by atoms with Crippen LogP contribution >= 0.6 is 0 Å². The third-order valence-electron chi connectivity index (χ3n) is 5.33. The molecule has 4 heteroatoms. The van der Waals surface area contributed by atoms with Gasteiger partial charge in [-0.1, -0.05) is 66.8 Å². The summed E-state index contributed by atoms with van der Waals surface area (Å²) in [5.74, 6) is 1.97. The van der Waals surface area contributed by atoms with E-state index in [9.17, 15) is 0 Å². The second-order valence-corrected chi connectivity index (χ2v) is 7.18. The maximum absolute atomic E-state index is 5.96. The fourth-order valence-corrected chi connectivity index (χ4v) is 3.86. The Morgan fingerprint density at radius 1 is 1.00 bits per heavy atom. The van der Waals surface area contributed by atoms with Crippen LogP contribution in [0.15, 0.2) is 108 Å². The first-order valence-electron chi connectivity index (χ1n) is 9.60. The van der Waals surface area contributed by atoms with Gasteiger partial charge < -0.3 is 10.2 Å². The zero-order valence-corrected chi connectivity index (χ0v) is 15.5. The van der Waals surface area contributed by atoms with Crippen LogP contribution in [0.5, 0.6) is 0 Å². The van der Waals surface area contributed by atoms with Crippen LogP contribution in [-0.4, -0.2) is 24.9 Å². The normalized spacial score (nSPS) is 22.8. The molecule has 134 valence electrons. The number of dihydropyridines is 1. The fraction of sp³-hybridized carbons (Fsp3) is 0.125. The number of hydrogen-bond acceptors (Lipinski definition) is 3. The summed E-state index contributed by atoms with van der Waals surface area (Å²) in [6.07, 6.45) is 19.9. The molecule has 0 saturated heterocycles. The molecule has 3 nitrogen and oxygen atoms in total. The SMILES string of the molecule is [B]C1=CCC(N(C2=CC=C3C=CC=CC3N2)c2ccc3ccccc3n2)C=C1. The van der Waals surface area contributed by atoms with Crippen molar-refractivity contribution < 1.29 is 0 Å². The van der Waals surface area contributed by atoms with Crippen molar-refractivity contribution in [3.8, 4) is 0 Å². The number of nitrogens with zero attached hydrogens (tertiary/aromatic N) is 2. The second-order valence-electron chi connectivity index (χ2n) is 7.18. The van der Waals surface area contributed by atoms with E-state index in [1.165, 1.54) is 5.57 Å². The summed E-state index contributed by atoms with van der Waals surface area (Å²) in [6, 6.07) is 12.8. The second kappa shape index (κ2) is 7.04. The van der Waals surface area contributed by atoms with E-state index in [0.717, 1.165) is 34.4 Å². The Kier molecular flexibility index (Phi) is 4.25. The van der Waals surface area contributed by atoms with Crippen molar-refractivity contribution in [1.82, 2.24) is 10.3 Å². The molecule has 0 fully saturated rings. The summed E-state index contributed by atoms with van der Waals surface area (Å²) in [5, 5.41) is 4.81. The molecule has 2 unspecified atom stereocenters. The topological polar surface area (TPSA) is 28.2 Å². The molecule has 2 radical (unpaired) electrons. The Hall–Kier alpha value is -3.27. The third-order valence-corrected chi connectivity index (χ3v) is 5.33. The van der Waals surface area contributed by atoms with Crippen molar-refractivity contribution in [2.45, 2.75) is 18.5 Å². The Balaban J connectivity index is 1.58. The van der Waals surface area contributed by atoms with Gasteiger partial charge in [-0.2, -0.15) is 0 Å². The summed E-state index contributed by atoms with van der Waals surface area (Å²) in [7, 11) is 5.96. The van der Waals surface area contributed by atoms with E-state index >= 15 is 0 Å². The maximum Gasteiger partial charge on any atom is 0.135 e. The van der Waals surface area contributed by atoms with Gasteiger partial charge in [0.25, 0.3) is 0 Å². The first-order chi connectivity index (χ1) is 13.8. The lowest BCUT2D eigenvalue weighted by Crippen LogP contribution is -2.44. The van der Waals surface area contributed by atoms with Crippen LogP contribution in [0.2, 0.25) is 0 Å². The predicted molar refractivity (Wildman–Crippen MR) is 117 cm³/mol. The van der Waals surface area contributed by atoms with Gasteiger partial charge in [0.1, 0.15) is 19.5 Å². The lowest BCUT2D eigenvalue weighted by Gasteiger charge is -2.37. The van der Waals surface area contributed by atoms with Gasteiger partial charge in [-0.3, -0.25) is 0 Å². The lowest BCUT2D eigenvalue weighted by molar-refractivity contribution is 0.649. The quantitative estimate of drug-likeness (QED) is 0.827. The van der Waals surface area contributed by atoms with Crippen molar-refractivity contribution >= 4 is 24.6 Å². The van der Waals surface area contributed by atoms with Gasteiger partial charge in [-0.05, 0) is 36.3 Å². The highest BCUT2D eigenvalue weighted by Crippen LogP contribution is 2.29. The Bertz CT molecular complexity index is 1100. The largest absolute Gasteiger partial charge is 0.361 e. The van der Waals surface area contributed by atoms with Crippen molar-refractivity contribution in [3.63, 3.8) is 0 Å². The van der Waals surface area contributed by atoms with Crippen LogP contribution in [0.4, 0.5) is 5.82 Å². The molecule has 1 N–H and O–H groups in total. The highest BCUT2D eigenvalue weighted by Gasteiger charge is 2.26. The summed E-state index contributed by atoms with van der Waals surface area (Å²) >= 11 is 0. The molecule has 2 atom stereocenters. The first kappa shape index (κ1) is 16.9. The van der Waals surface area contributed by atoms with Crippen molar-refractivity contribution in [2.75, 3.05) is 4.90 Å². The van der Waals surface area contributed by atoms with E-state index < -0.39 is 0 Å². The minimum atomic E-state index is 0.151. The average Bonchev–Trinajstić information content (AvgIpc) is 2.75. The molecule has 1 aromatic heterocycles. The summed E-state index contributed by atoms with van der Waals surface area (Å²) in [6.45, 7) is 0. The van der Waals surface area contributed by atoms with Gasteiger partial charge in [0, 0.05) is 5.39 Å². The molecule has 0 spiro atoms. The van der Waals surface area contributed by atoms with Crippen molar-refractivity contribution in [1.29, 1.82) is 0 Å². The smallest absolute Gasteiger partial charge is 0.135 e. The van der Waals surface area contributed by atoms with Gasteiger partial charge in [-0.15, -0.1) is 5.47 Å². The fourth-order valence-electron chi connectivity index (χ4n) is 3.86. The van der Waals surface area contributed by atoms with E-state index in [-0.39, 0.29) is 12.1 Å². The van der Waals surface area contributed by atoms with E-state index in [2.05, 4.69) is 83.1 Å². The minimum Gasteiger partial charge on any atom is -0.361 e. The number of para-hydroxylation sites is 1. The van der Waals surface area contributed by atoms with E-state index in [1.807, 2.05) is 18.2 Å². The van der Waals surface area contributed by atoms with Gasteiger partial charge in [0.2, 0.25) is 0 Å². The third kappa shape index (κ3) is 3.11. The molecule has 2 heterocycles. The Labute approximate surface area is 166 Å².